The summed E-state index contributed by atoms with van der Waals surface area (Å²) in [7, 11) is 1.44. The molecule has 1 aromatic carbocycles. The van der Waals surface area contributed by atoms with Crippen LogP contribution in [0.3, 0.4) is 0 Å². The number of halogens is 2. The third-order valence-electron chi connectivity index (χ3n) is 1.91. The maximum atomic E-state index is 13.4. The summed E-state index contributed by atoms with van der Waals surface area (Å²) in [5.41, 5.74) is 0.529. The number of hydrogen-bond acceptors (Lipinski definition) is 3. The number of hydrogen-bond donors (Lipinski definition) is 0. The molecule has 0 amide bonds. The van der Waals surface area contributed by atoms with Crippen LogP contribution in [0.1, 0.15) is 0 Å². The van der Waals surface area contributed by atoms with E-state index in [0.29, 0.717) is 5.69 Å². The van der Waals surface area contributed by atoms with Gasteiger partial charge >= 0.3 is 5.95 Å². The zero-order valence-corrected chi connectivity index (χ0v) is 8.58. The van der Waals surface area contributed by atoms with Crippen LogP contribution in [0.4, 0.5) is 4.39 Å². The lowest BCUT2D eigenvalue weighted by atomic mass is 10.1. The van der Waals surface area contributed by atoms with Crippen molar-refractivity contribution in [3.05, 3.63) is 35.1 Å². The van der Waals surface area contributed by atoms with E-state index in [2.05, 4.69) is 5.16 Å². The first-order valence-corrected chi connectivity index (χ1v) is 4.55. The molecule has 0 aliphatic rings. The van der Waals surface area contributed by atoms with E-state index in [0.717, 1.165) is 0 Å². The third-order valence-corrected chi connectivity index (χ3v) is 2.22. The van der Waals surface area contributed by atoms with Gasteiger partial charge in [-0.2, -0.15) is 0 Å². The van der Waals surface area contributed by atoms with Gasteiger partial charge in [0.15, 0.2) is 0 Å². The summed E-state index contributed by atoms with van der Waals surface area (Å²) in [5, 5.41) is 3.94. The first-order chi connectivity index (χ1) is 7.22. The molecule has 1 aromatic heterocycles. The molecule has 0 saturated heterocycles. The summed E-state index contributed by atoms with van der Waals surface area (Å²) in [6.07, 6.45) is 0. The number of rotatable bonds is 2. The fraction of sp³-hybridized carbons (Fsp3) is 0.100. The Morgan fingerprint density at radius 3 is 2.87 bits per heavy atom. The standard InChI is InChI=1S/C10H7ClFNO2/c1-14-9-5-8(13-15-9)10-6(11)3-2-4-7(10)12/h2-5H,1H3. The van der Waals surface area contributed by atoms with Gasteiger partial charge in [-0.05, 0) is 12.1 Å². The lowest BCUT2D eigenvalue weighted by molar-refractivity contribution is 0.261. The minimum absolute atomic E-state index is 0.212. The molecule has 1 heterocycles. The SMILES string of the molecule is COc1cc(-c2c(F)cccc2Cl)no1. The summed E-state index contributed by atoms with van der Waals surface area (Å²) in [6, 6.07) is 5.90. The fourth-order valence-electron chi connectivity index (χ4n) is 1.22. The molecule has 0 unspecified atom stereocenters. The van der Waals surface area contributed by atoms with Crippen LogP contribution < -0.4 is 4.74 Å². The number of nitrogens with zero attached hydrogens (tertiary/aromatic N) is 1. The largest absolute Gasteiger partial charge is 0.467 e. The highest BCUT2D eigenvalue weighted by atomic mass is 35.5. The van der Waals surface area contributed by atoms with Gasteiger partial charge < -0.3 is 9.26 Å². The fourth-order valence-corrected chi connectivity index (χ4v) is 1.47. The van der Waals surface area contributed by atoms with Gasteiger partial charge in [0.25, 0.3) is 0 Å². The van der Waals surface area contributed by atoms with Crippen LogP contribution in [-0.4, -0.2) is 12.3 Å². The van der Waals surface area contributed by atoms with Gasteiger partial charge in [-0.15, -0.1) is 0 Å². The molecule has 0 radical (unpaired) electrons. The van der Waals surface area contributed by atoms with Crippen molar-refractivity contribution in [3.63, 3.8) is 0 Å². The lowest BCUT2D eigenvalue weighted by Gasteiger charge is -1.99. The van der Waals surface area contributed by atoms with Gasteiger partial charge in [-0.1, -0.05) is 22.8 Å². The Morgan fingerprint density at radius 2 is 2.27 bits per heavy atom. The van der Waals surface area contributed by atoms with Gasteiger partial charge in [0.05, 0.1) is 23.8 Å². The molecule has 0 spiro atoms. The minimum atomic E-state index is -0.446. The van der Waals surface area contributed by atoms with Crippen molar-refractivity contribution >= 4 is 11.6 Å². The van der Waals surface area contributed by atoms with Crippen LogP contribution in [0.5, 0.6) is 5.95 Å². The number of methoxy groups -OCH3 is 1. The molecule has 0 N–H and O–H groups in total. The Bertz CT molecular complexity index is 464. The summed E-state index contributed by atoms with van der Waals surface area (Å²) in [5.74, 6) is -0.234. The van der Waals surface area contributed by atoms with Gasteiger partial charge in [-0.3, -0.25) is 0 Å². The molecule has 5 heteroatoms. The first kappa shape index (κ1) is 9.98. The molecule has 0 aliphatic carbocycles. The molecule has 2 rings (SSSR count). The van der Waals surface area contributed by atoms with Crippen molar-refractivity contribution in [2.24, 2.45) is 0 Å². The van der Waals surface area contributed by atoms with Gasteiger partial charge in [0, 0.05) is 0 Å². The van der Waals surface area contributed by atoms with Crippen LogP contribution >= 0.6 is 11.6 Å². The van der Waals surface area contributed by atoms with Crippen LogP contribution in [0, 0.1) is 5.82 Å². The second-order valence-corrected chi connectivity index (χ2v) is 3.24. The Balaban J connectivity index is 2.53. The number of benzene rings is 1. The molecular formula is C10H7ClFNO2. The monoisotopic (exact) mass is 227 g/mol. The predicted octanol–water partition coefficient (Wildman–Crippen LogP) is 3.14. The van der Waals surface area contributed by atoms with E-state index in [4.69, 9.17) is 20.9 Å². The molecule has 0 atom stereocenters. The van der Waals surface area contributed by atoms with E-state index >= 15 is 0 Å². The molecule has 3 nitrogen and oxygen atoms in total. The smallest absolute Gasteiger partial charge is 0.311 e. The molecular weight excluding hydrogens is 221 g/mol. The van der Waals surface area contributed by atoms with Crippen molar-refractivity contribution in [2.45, 2.75) is 0 Å². The summed E-state index contributed by atoms with van der Waals surface area (Å²) in [4.78, 5) is 0. The number of aromatic nitrogens is 1. The Labute approximate surface area is 90.4 Å². The second-order valence-electron chi connectivity index (χ2n) is 2.83. The second kappa shape index (κ2) is 3.90. The van der Waals surface area contributed by atoms with Crippen molar-refractivity contribution in [1.82, 2.24) is 5.16 Å². The van der Waals surface area contributed by atoms with Gasteiger partial charge in [-0.25, -0.2) is 4.39 Å². The zero-order chi connectivity index (χ0) is 10.8. The Kier molecular flexibility index (Phi) is 2.60. The van der Waals surface area contributed by atoms with Crippen LogP contribution in [0.2, 0.25) is 5.02 Å². The highest BCUT2D eigenvalue weighted by Gasteiger charge is 2.14. The first-order valence-electron chi connectivity index (χ1n) is 4.17. The Morgan fingerprint density at radius 1 is 1.47 bits per heavy atom. The quantitative estimate of drug-likeness (QED) is 0.791. The van der Waals surface area contributed by atoms with E-state index in [1.165, 1.54) is 25.3 Å². The van der Waals surface area contributed by atoms with E-state index in [1.54, 1.807) is 6.07 Å². The van der Waals surface area contributed by atoms with E-state index in [9.17, 15) is 4.39 Å². The average molecular weight is 228 g/mol. The molecule has 78 valence electrons. The molecule has 0 aliphatic heterocycles. The lowest BCUT2D eigenvalue weighted by Crippen LogP contribution is -1.85. The normalized spacial score (nSPS) is 10.3. The summed E-state index contributed by atoms with van der Waals surface area (Å²) in [6.45, 7) is 0. The maximum Gasteiger partial charge on any atom is 0.311 e. The van der Waals surface area contributed by atoms with E-state index < -0.39 is 5.82 Å². The van der Waals surface area contributed by atoms with E-state index in [1.807, 2.05) is 0 Å². The van der Waals surface area contributed by atoms with Crippen molar-refractivity contribution in [3.8, 4) is 17.2 Å². The molecule has 2 aromatic rings. The predicted molar refractivity (Wildman–Crippen MR) is 53.5 cm³/mol. The zero-order valence-electron chi connectivity index (χ0n) is 7.83. The van der Waals surface area contributed by atoms with Crippen LogP contribution in [0.15, 0.2) is 28.8 Å². The van der Waals surface area contributed by atoms with Crippen LogP contribution in [-0.2, 0) is 0 Å². The summed E-state index contributed by atoms with van der Waals surface area (Å²) >= 11 is 5.85. The highest BCUT2D eigenvalue weighted by molar-refractivity contribution is 6.33. The average Bonchev–Trinajstić information content (AvgIpc) is 2.66. The number of ether oxygens (including phenoxy) is 1. The van der Waals surface area contributed by atoms with Gasteiger partial charge in [0.1, 0.15) is 11.5 Å². The molecule has 15 heavy (non-hydrogen) atoms. The van der Waals surface area contributed by atoms with Gasteiger partial charge in [0.2, 0.25) is 0 Å². The summed E-state index contributed by atoms with van der Waals surface area (Å²) < 4.78 is 23.0. The van der Waals surface area contributed by atoms with Crippen molar-refractivity contribution < 1.29 is 13.7 Å². The molecule has 0 bridgehead atoms. The molecule has 0 fully saturated rings. The third kappa shape index (κ3) is 1.80. The maximum absolute atomic E-state index is 13.4. The van der Waals surface area contributed by atoms with E-state index in [-0.39, 0.29) is 16.5 Å². The highest BCUT2D eigenvalue weighted by Crippen LogP contribution is 2.31. The van der Waals surface area contributed by atoms with Crippen molar-refractivity contribution in [2.75, 3.05) is 7.11 Å². The molecule has 0 saturated carbocycles. The van der Waals surface area contributed by atoms with Crippen molar-refractivity contribution in [1.29, 1.82) is 0 Å². The minimum Gasteiger partial charge on any atom is -0.467 e. The topological polar surface area (TPSA) is 35.3 Å². The van der Waals surface area contributed by atoms with Crippen LogP contribution in [0.25, 0.3) is 11.3 Å². The Hall–Kier alpha value is -1.55.